The van der Waals surface area contributed by atoms with E-state index in [1.54, 1.807) is 0 Å². The molecule has 2 atom stereocenters. The molecule has 2 heterocycles. The van der Waals surface area contributed by atoms with E-state index in [9.17, 15) is 0 Å². The molecule has 3 rings (SSSR count). The van der Waals surface area contributed by atoms with Crippen molar-refractivity contribution in [1.29, 1.82) is 0 Å². The van der Waals surface area contributed by atoms with Gasteiger partial charge in [-0.3, -0.25) is 0 Å². The Balaban J connectivity index is 1.77. The first kappa shape index (κ1) is 14.8. The fraction of sp³-hybridized carbons (Fsp3) is 0.647. The van der Waals surface area contributed by atoms with Gasteiger partial charge in [0.1, 0.15) is 11.3 Å². The van der Waals surface area contributed by atoms with E-state index in [1.165, 1.54) is 32.1 Å². The zero-order chi connectivity index (χ0) is 14.7. The van der Waals surface area contributed by atoms with Crippen molar-refractivity contribution < 1.29 is 0 Å². The molecule has 0 aliphatic heterocycles. The van der Waals surface area contributed by atoms with Gasteiger partial charge in [0.15, 0.2) is 5.65 Å². The van der Waals surface area contributed by atoms with Crippen molar-refractivity contribution in [2.75, 3.05) is 5.88 Å². The molecule has 114 valence electrons. The van der Waals surface area contributed by atoms with E-state index in [0.717, 1.165) is 41.8 Å². The van der Waals surface area contributed by atoms with Crippen LogP contribution in [-0.2, 0) is 13.0 Å². The quantitative estimate of drug-likeness (QED) is 0.765. The number of aryl methyl sites for hydroxylation is 2. The van der Waals surface area contributed by atoms with Crippen LogP contribution in [0.25, 0.3) is 11.2 Å². The topological polar surface area (TPSA) is 30.7 Å². The zero-order valence-corrected chi connectivity index (χ0v) is 13.5. The van der Waals surface area contributed by atoms with Crippen molar-refractivity contribution in [2.24, 2.45) is 11.8 Å². The number of nitrogens with zero attached hydrogens (tertiary/aromatic N) is 3. The van der Waals surface area contributed by atoms with Crippen LogP contribution in [0, 0.1) is 11.8 Å². The van der Waals surface area contributed by atoms with Crippen molar-refractivity contribution in [3.8, 4) is 0 Å². The maximum atomic E-state index is 5.93. The fourth-order valence-corrected chi connectivity index (χ4v) is 3.82. The number of halogens is 1. The van der Waals surface area contributed by atoms with Crippen LogP contribution in [0.2, 0.25) is 0 Å². The van der Waals surface area contributed by atoms with Gasteiger partial charge < -0.3 is 4.57 Å². The fourth-order valence-electron chi connectivity index (χ4n) is 3.65. The summed E-state index contributed by atoms with van der Waals surface area (Å²) in [6, 6.07) is 3.99. The van der Waals surface area contributed by atoms with E-state index in [1.807, 2.05) is 18.3 Å². The second kappa shape index (κ2) is 6.78. The molecule has 0 bridgehead atoms. The van der Waals surface area contributed by atoms with E-state index >= 15 is 0 Å². The van der Waals surface area contributed by atoms with Gasteiger partial charge in [-0.05, 0) is 36.8 Å². The minimum atomic E-state index is 0.615. The number of rotatable bonds is 5. The molecular formula is C17H24ClN3. The van der Waals surface area contributed by atoms with E-state index in [0.29, 0.717) is 5.88 Å². The molecule has 4 heteroatoms. The van der Waals surface area contributed by atoms with Gasteiger partial charge in [0.2, 0.25) is 0 Å². The number of alkyl halides is 1. The maximum absolute atomic E-state index is 5.93. The lowest BCUT2D eigenvalue weighted by Crippen LogP contribution is -2.16. The van der Waals surface area contributed by atoms with Crippen molar-refractivity contribution >= 4 is 22.8 Å². The number of fused-ring (bicyclic) bond motifs is 1. The number of hydrogen-bond donors (Lipinski definition) is 0. The lowest BCUT2D eigenvalue weighted by Gasteiger charge is -2.26. The second-order valence-electron chi connectivity index (χ2n) is 6.39. The average molecular weight is 306 g/mol. The van der Waals surface area contributed by atoms with Crippen LogP contribution in [-0.4, -0.2) is 20.4 Å². The smallest absolute Gasteiger partial charge is 0.159 e. The molecular weight excluding hydrogens is 282 g/mol. The highest BCUT2D eigenvalue weighted by Crippen LogP contribution is 2.31. The summed E-state index contributed by atoms with van der Waals surface area (Å²) in [6.07, 6.45) is 9.47. The minimum absolute atomic E-state index is 0.615. The summed E-state index contributed by atoms with van der Waals surface area (Å²) in [7, 11) is 0. The van der Waals surface area contributed by atoms with E-state index in [-0.39, 0.29) is 0 Å². The molecule has 1 aliphatic carbocycles. The van der Waals surface area contributed by atoms with Crippen molar-refractivity contribution in [3.63, 3.8) is 0 Å². The Morgan fingerprint density at radius 3 is 3.10 bits per heavy atom. The Hall–Kier alpha value is -1.09. The summed E-state index contributed by atoms with van der Waals surface area (Å²) >= 11 is 5.93. The third-order valence-electron chi connectivity index (χ3n) is 4.71. The van der Waals surface area contributed by atoms with Crippen LogP contribution in [0.4, 0.5) is 0 Å². The van der Waals surface area contributed by atoms with Crippen LogP contribution in [0.5, 0.6) is 0 Å². The van der Waals surface area contributed by atoms with Crippen molar-refractivity contribution in [1.82, 2.24) is 14.5 Å². The molecule has 0 amide bonds. The average Bonchev–Trinajstić information content (AvgIpc) is 2.83. The normalized spacial score (nSPS) is 22.8. The van der Waals surface area contributed by atoms with Crippen molar-refractivity contribution in [2.45, 2.75) is 52.0 Å². The molecule has 1 saturated carbocycles. The van der Waals surface area contributed by atoms with E-state index < -0.39 is 0 Å². The number of imidazole rings is 1. The summed E-state index contributed by atoms with van der Waals surface area (Å²) < 4.78 is 2.29. The first-order chi connectivity index (χ1) is 10.3. The van der Waals surface area contributed by atoms with Gasteiger partial charge in [-0.1, -0.05) is 26.2 Å². The summed E-state index contributed by atoms with van der Waals surface area (Å²) in [5, 5.41) is 0. The van der Waals surface area contributed by atoms with Crippen LogP contribution in [0.1, 0.15) is 44.9 Å². The summed E-state index contributed by atoms with van der Waals surface area (Å²) in [5.74, 6) is 3.45. The predicted molar refractivity (Wildman–Crippen MR) is 87.7 cm³/mol. The molecule has 2 unspecified atom stereocenters. The molecule has 2 aromatic rings. The highest BCUT2D eigenvalue weighted by Gasteiger charge is 2.20. The van der Waals surface area contributed by atoms with Gasteiger partial charge in [0.05, 0.1) is 0 Å². The highest BCUT2D eigenvalue weighted by atomic mass is 35.5. The maximum Gasteiger partial charge on any atom is 0.159 e. The summed E-state index contributed by atoms with van der Waals surface area (Å²) in [4.78, 5) is 9.22. The van der Waals surface area contributed by atoms with E-state index in [2.05, 4.69) is 16.5 Å². The molecule has 21 heavy (non-hydrogen) atoms. The van der Waals surface area contributed by atoms with E-state index in [4.69, 9.17) is 16.6 Å². The van der Waals surface area contributed by atoms with Gasteiger partial charge in [-0.25, -0.2) is 9.97 Å². The molecule has 0 radical (unpaired) electrons. The van der Waals surface area contributed by atoms with Gasteiger partial charge in [-0.15, -0.1) is 11.6 Å². The van der Waals surface area contributed by atoms with Crippen LogP contribution < -0.4 is 0 Å². The Labute approximate surface area is 131 Å². The Kier molecular flexibility index (Phi) is 4.79. The monoisotopic (exact) mass is 305 g/mol. The molecule has 2 aromatic heterocycles. The Morgan fingerprint density at radius 1 is 1.38 bits per heavy atom. The zero-order valence-electron chi connectivity index (χ0n) is 12.8. The molecule has 0 aromatic carbocycles. The van der Waals surface area contributed by atoms with Gasteiger partial charge >= 0.3 is 0 Å². The van der Waals surface area contributed by atoms with Crippen LogP contribution >= 0.6 is 11.6 Å². The molecule has 1 aliphatic rings. The first-order valence-electron chi connectivity index (χ1n) is 8.14. The Bertz CT molecular complexity index is 593. The van der Waals surface area contributed by atoms with Crippen LogP contribution in [0.15, 0.2) is 18.3 Å². The summed E-state index contributed by atoms with van der Waals surface area (Å²) in [5.41, 5.74) is 2.01. The summed E-state index contributed by atoms with van der Waals surface area (Å²) in [6.45, 7) is 3.41. The van der Waals surface area contributed by atoms with Gasteiger partial charge in [0.25, 0.3) is 0 Å². The molecule has 0 N–H and O–H groups in total. The third kappa shape index (κ3) is 3.39. The third-order valence-corrected chi connectivity index (χ3v) is 4.90. The standard InChI is InChI=1S/C17H24ClN3/c1-13-4-2-5-14(12-13)8-11-21-16(7-9-18)20-15-6-3-10-19-17(15)21/h3,6,10,13-14H,2,4-5,7-9,11-12H2,1H3. The predicted octanol–water partition coefficient (Wildman–Crippen LogP) is 4.43. The number of aromatic nitrogens is 3. The first-order valence-corrected chi connectivity index (χ1v) is 8.67. The lowest BCUT2D eigenvalue weighted by molar-refractivity contribution is 0.261. The largest absolute Gasteiger partial charge is 0.313 e. The SMILES string of the molecule is CC1CCCC(CCn2c(CCCl)nc3cccnc32)C1. The molecule has 3 nitrogen and oxygen atoms in total. The van der Waals surface area contributed by atoms with Crippen LogP contribution in [0.3, 0.4) is 0 Å². The molecule has 0 saturated heterocycles. The minimum Gasteiger partial charge on any atom is -0.313 e. The molecule has 0 spiro atoms. The molecule has 1 fully saturated rings. The van der Waals surface area contributed by atoms with Crippen molar-refractivity contribution in [3.05, 3.63) is 24.2 Å². The lowest BCUT2D eigenvalue weighted by atomic mass is 9.81. The number of hydrogen-bond acceptors (Lipinski definition) is 2. The van der Waals surface area contributed by atoms with Gasteiger partial charge in [-0.2, -0.15) is 0 Å². The van der Waals surface area contributed by atoms with Gasteiger partial charge in [0, 0.05) is 25.0 Å². The number of pyridine rings is 1. The second-order valence-corrected chi connectivity index (χ2v) is 6.77. The Morgan fingerprint density at radius 2 is 2.29 bits per heavy atom. The highest BCUT2D eigenvalue weighted by molar-refractivity contribution is 6.17.